The molecule has 0 bridgehead atoms. The van der Waals surface area contributed by atoms with E-state index in [2.05, 4.69) is 15.4 Å². The molecule has 0 aliphatic rings. The lowest BCUT2D eigenvalue weighted by atomic mass is 10.1. The van der Waals surface area contributed by atoms with E-state index >= 15 is 0 Å². The van der Waals surface area contributed by atoms with Gasteiger partial charge in [0.05, 0.1) is 24.9 Å². The third kappa shape index (κ3) is 4.92. The van der Waals surface area contributed by atoms with Crippen LogP contribution in [0.4, 0.5) is 20.2 Å². The molecule has 0 atom stereocenters. The van der Waals surface area contributed by atoms with E-state index in [0.29, 0.717) is 16.8 Å². The first-order valence-electron chi connectivity index (χ1n) is 7.68. The van der Waals surface area contributed by atoms with Gasteiger partial charge in [-0.05, 0) is 36.8 Å². The van der Waals surface area contributed by atoms with Crippen LogP contribution in [0.3, 0.4) is 0 Å². The maximum Gasteiger partial charge on any atom is 0.387 e. The number of ether oxygens (including phenoxy) is 2. The second-order valence-corrected chi connectivity index (χ2v) is 5.25. The minimum absolute atomic E-state index is 0.125. The number of carbonyl (C=O) groups excluding carboxylic acids is 2. The lowest BCUT2D eigenvalue weighted by Crippen LogP contribution is -2.23. The van der Waals surface area contributed by atoms with Gasteiger partial charge in [-0.15, -0.1) is 0 Å². The second kappa shape index (κ2) is 8.80. The van der Waals surface area contributed by atoms with Crippen LogP contribution in [0.2, 0.25) is 0 Å². The van der Waals surface area contributed by atoms with Crippen molar-refractivity contribution >= 4 is 23.3 Å². The van der Waals surface area contributed by atoms with Crippen LogP contribution in [0, 0.1) is 6.92 Å². The first kappa shape index (κ1) is 19.2. The van der Waals surface area contributed by atoms with Gasteiger partial charge in [0.1, 0.15) is 5.75 Å². The number of rotatable bonds is 7. The molecule has 0 aliphatic carbocycles. The smallest absolute Gasteiger partial charge is 0.387 e. The molecule has 138 valence electrons. The zero-order valence-corrected chi connectivity index (χ0v) is 14.2. The molecule has 1 amide bonds. The summed E-state index contributed by atoms with van der Waals surface area (Å²) in [6, 6.07) is 10.9. The van der Waals surface area contributed by atoms with E-state index in [0.717, 1.165) is 0 Å². The maximum atomic E-state index is 12.4. The summed E-state index contributed by atoms with van der Waals surface area (Å²) in [6.45, 7) is -1.40. The highest BCUT2D eigenvalue weighted by molar-refractivity contribution is 5.96. The molecule has 0 aliphatic heterocycles. The van der Waals surface area contributed by atoms with Gasteiger partial charge in [0.2, 0.25) is 5.91 Å². The SMILES string of the molecule is COC(=O)c1cccc(NCC(=O)Nc2ccccc2OC(F)F)c1C. The number of esters is 1. The van der Waals surface area contributed by atoms with Crippen molar-refractivity contribution in [1.29, 1.82) is 0 Å². The van der Waals surface area contributed by atoms with E-state index in [1.54, 1.807) is 31.2 Å². The van der Waals surface area contributed by atoms with Gasteiger partial charge in [0, 0.05) is 5.69 Å². The monoisotopic (exact) mass is 364 g/mol. The van der Waals surface area contributed by atoms with Gasteiger partial charge in [-0.25, -0.2) is 4.79 Å². The Labute approximate surface area is 149 Å². The van der Waals surface area contributed by atoms with Crippen LogP contribution in [-0.4, -0.2) is 32.1 Å². The summed E-state index contributed by atoms with van der Waals surface area (Å²) < 4.78 is 33.9. The predicted octanol–water partition coefficient (Wildman–Crippen LogP) is 3.43. The Bertz CT molecular complexity index is 797. The first-order chi connectivity index (χ1) is 12.4. The summed E-state index contributed by atoms with van der Waals surface area (Å²) >= 11 is 0. The molecule has 2 aromatic carbocycles. The largest absolute Gasteiger partial charge is 0.465 e. The van der Waals surface area contributed by atoms with Crippen LogP contribution in [0.5, 0.6) is 5.75 Å². The number of carbonyl (C=O) groups is 2. The van der Waals surface area contributed by atoms with Gasteiger partial charge in [0.15, 0.2) is 0 Å². The number of alkyl halides is 2. The van der Waals surface area contributed by atoms with Crippen LogP contribution < -0.4 is 15.4 Å². The summed E-state index contributed by atoms with van der Waals surface area (Å²) in [4.78, 5) is 23.8. The topological polar surface area (TPSA) is 76.7 Å². The molecule has 0 saturated heterocycles. The number of para-hydroxylation sites is 2. The Kier molecular flexibility index (Phi) is 6.48. The van der Waals surface area contributed by atoms with Crippen LogP contribution in [0.1, 0.15) is 15.9 Å². The van der Waals surface area contributed by atoms with Crippen molar-refractivity contribution in [2.24, 2.45) is 0 Å². The molecular formula is C18H18F2N2O4. The van der Waals surface area contributed by atoms with Crippen molar-refractivity contribution in [3.05, 3.63) is 53.6 Å². The van der Waals surface area contributed by atoms with Crippen molar-refractivity contribution in [3.63, 3.8) is 0 Å². The fourth-order valence-electron chi connectivity index (χ4n) is 2.30. The van der Waals surface area contributed by atoms with E-state index in [9.17, 15) is 18.4 Å². The van der Waals surface area contributed by atoms with Gasteiger partial charge in [0.25, 0.3) is 0 Å². The number of halogens is 2. The first-order valence-corrected chi connectivity index (χ1v) is 7.68. The number of anilines is 2. The standard InChI is InChI=1S/C18H18F2N2O4/c1-11-12(17(24)25-2)6-5-8-13(11)21-10-16(23)22-14-7-3-4-9-15(14)26-18(19)20/h3-9,18,21H,10H2,1-2H3,(H,22,23). The molecule has 0 aromatic heterocycles. The van der Waals surface area contributed by atoms with Gasteiger partial charge < -0.3 is 20.1 Å². The van der Waals surface area contributed by atoms with Gasteiger partial charge in [-0.2, -0.15) is 8.78 Å². The second-order valence-electron chi connectivity index (χ2n) is 5.25. The molecule has 6 nitrogen and oxygen atoms in total. The number of hydrogen-bond donors (Lipinski definition) is 2. The predicted molar refractivity (Wildman–Crippen MR) is 92.7 cm³/mol. The minimum atomic E-state index is -2.99. The van der Waals surface area contributed by atoms with E-state index in [1.165, 1.54) is 25.3 Å². The summed E-state index contributed by atoms with van der Waals surface area (Å²) in [7, 11) is 1.29. The van der Waals surface area contributed by atoms with Crippen LogP contribution in [0.25, 0.3) is 0 Å². The fraction of sp³-hybridized carbons (Fsp3) is 0.222. The molecule has 0 fully saturated rings. The van der Waals surface area contributed by atoms with Crippen LogP contribution in [-0.2, 0) is 9.53 Å². The number of benzene rings is 2. The van der Waals surface area contributed by atoms with Crippen molar-refractivity contribution in [2.75, 3.05) is 24.3 Å². The van der Waals surface area contributed by atoms with Crippen molar-refractivity contribution in [1.82, 2.24) is 0 Å². The summed E-state index contributed by atoms with van der Waals surface area (Å²) in [5, 5.41) is 5.41. The van der Waals surface area contributed by atoms with E-state index in [1.807, 2.05) is 0 Å². The van der Waals surface area contributed by atoms with E-state index in [4.69, 9.17) is 4.74 Å². The average Bonchev–Trinajstić information content (AvgIpc) is 2.61. The molecule has 0 unspecified atom stereocenters. The molecular weight excluding hydrogens is 346 g/mol. The number of nitrogens with one attached hydrogen (secondary N) is 2. The Balaban J connectivity index is 2.03. The summed E-state index contributed by atoms with van der Waals surface area (Å²) in [5.74, 6) is -1.06. The highest BCUT2D eigenvalue weighted by atomic mass is 19.3. The Morgan fingerprint density at radius 1 is 1.08 bits per heavy atom. The number of hydrogen-bond acceptors (Lipinski definition) is 5. The Morgan fingerprint density at radius 3 is 2.46 bits per heavy atom. The summed E-state index contributed by atoms with van der Waals surface area (Å²) in [6.07, 6.45) is 0. The van der Waals surface area contributed by atoms with Crippen molar-refractivity contribution in [3.8, 4) is 5.75 Å². The zero-order chi connectivity index (χ0) is 19.1. The lowest BCUT2D eigenvalue weighted by molar-refractivity contribution is -0.114. The van der Waals surface area contributed by atoms with Crippen molar-refractivity contribution in [2.45, 2.75) is 13.5 Å². The highest BCUT2D eigenvalue weighted by Crippen LogP contribution is 2.25. The van der Waals surface area contributed by atoms with Gasteiger partial charge in [-0.1, -0.05) is 18.2 Å². The highest BCUT2D eigenvalue weighted by Gasteiger charge is 2.14. The molecule has 26 heavy (non-hydrogen) atoms. The van der Waals surface area contributed by atoms with Gasteiger partial charge in [-0.3, -0.25) is 4.79 Å². The normalized spacial score (nSPS) is 10.3. The van der Waals surface area contributed by atoms with E-state index in [-0.39, 0.29) is 18.0 Å². The summed E-state index contributed by atoms with van der Waals surface area (Å²) in [5.41, 5.74) is 1.74. The zero-order valence-electron chi connectivity index (χ0n) is 14.2. The number of methoxy groups -OCH3 is 1. The lowest BCUT2D eigenvalue weighted by Gasteiger charge is -2.14. The van der Waals surface area contributed by atoms with E-state index < -0.39 is 18.5 Å². The molecule has 0 saturated carbocycles. The molecule has 0 radical (unpaired) electrons. The number of amides is 1. The maximum absolute atomic E-state index is 12.4. The fourth-order valence-corrected chi connectivity index (χ4v) is 2.30. The van der Waals surface area contributed by atoms with Crippen LogP contribution >= 0.6 is 0 Å². The molecule has 8 heteroatoms. The average molecular weight is 364 g/mol. The molecule has 2 rings (SSSR count). The molecule has 2 N–H and O–H groups in total. The van der Waals surface area contributed by atoms with Gasteiger partial charge >= 0.3 is 12.6 Å². The Hall–Kier alpha value is -3.16. The van der Waals surface area contributed by atoms with Crippen LogP contribution in [0.15, 0.2) is 42.5 Å². The third-order valence-electron chi connectivity index (χ3n) is 3.56. The molecule has 0 heterocycles. The Morgan fingerprint density at radius 2 is 1.77 bits per heavy atom. The molecule has 0 spiro atoms. The minimum Gasteiger partial charge on any atom is -0.465 e. The third-order valence-corrected chi connectivity index (χ3v) is 3.56. The van der Waals surface area contributed by atoms with Crippen molar-refractivity contribution < 1.29 is 27.8 Å². The molecule has 2 aromatic rings. The quantitative estimate of drug-likeness (QED) is 0.736.